The molecule has 1 aliphatic rings. The Hall–Kier alpha value is -2.09. The number of aromatic carboxylic acids is 1. The zero-order chi connectivity index (χ0) is 18.4. The number of rotatable bonds is 3. The zero-order valence-corrected chi connectivity index (χ0v) is 14.8. The SMILES string of the molecule is CCc1c(C(=O)O)ccc(N2CCc3cc(C)ccc3S2(O)O)c1F. The van der Waals surface area contributed by atoms with Gasteiger partial charge in [0.2, 0.25) is 0 Å². The maximum absolute atomic E-state index is 14.9. The molecular weight excluding hydrogens is 345 g/mol. The fourth-order valence-corrected chi connectivity index (χ4v) is 5.01. The minimum absolute atomic E-state index is 0.0214. The third-order valence-corrected chi connectivity index (χ3v) is 6.46. The molecule has 0 spiro atoms. The lowest BCUT2D eigenvalue weighted by Gasteiger charge is -2.48. The van der Waals surface area contributed by atoms with E-state index in [4.69, 9.17) is 0 Å². The molecule has 0 atom stereocenters. The first-order chi connectivity index (χ1) is 11.8. The first-order valence-corrected chi connectivity index (χ1v) is 9.48. The molecule has 0 saturated carbocycles. The molecule has 3 N–H and O–H groups in total. The predicted octanol–water partition coefficient (Wildman–Crippen LogP) is 4.48. The fourth-order valence-electron chi connectivity index (χ4n) is 3.24. The Bertz CT molecular complexity index is 853. The molecule has 0 radical (unpaired) electrons. The first-order valence-electron chi connectivity index (χ1n) is 7.97. The molecule has 2 aromatic rings. The molecule has 0 aliphatic carbocycles. The van der Waals surface area contributed by atoms with E-state index in [0.29, 0.717) is 11.3 Å². The number of nitrogens with zero attached hydrogens (tertiary/aromatic N) is 1. The molecule has 7 heteroatoms. The highest BCUT2D eigenvalue weighted by Gasteiger charge is 2.34. The predicted molar refractivity (Wildman–Crippen MR) is 96.1 cm³/mol. The zero-order valence-electron chi connectivity index (χ0n) is 14.0. The number of benzene rings is 2. The van der Waals surface area contributed by atoms with Crippen LogP contribution in [0.15, 0.2) is 35.2 Å². The number of carbonyl (C=O) groups is 1. The van der Waals surface area contributed by atoms with E-state index in [-0.39, 0.29) is 29.8 Å². The average molecular weight is 365 g/mol. The molecule has 0 aromatic heterocycles. The van der Waals surface area contributed by atoms with Crippen LogP contribution >= 0.6 is 10.8 Å². The van der Waals surface area contributed by atoms with Gasteiger partial charge < -0.3 is 5.11 Å². The lowest BCUT2D eigenvalue weighted by atomic mass is 10.0. The van der Waals surface area contributed by atoms with E-state index in [9.17, 15) is 23.4 Å². The molecule has 1 heterocycles. The lowest BCUT2D eigenvalue weighted by molar-refractivity contribution is 0.0695. The number of halogens is 1. The van der Waals surface area contributed by atoms with Crippen LogP contribution < -0.4 is 4.31 Å². The number of carboxylic acids is 1. The van der Waals surface area contributed by atoms with Gasteiger partial charge in [0.05, 0.1) is 16.1 Å². The molecule has 0 unspecified atom stereocenters. The summed E-state index contributed by atoms with van der Waals surface area (Å²) in [7, 11) is -3.39. The minimum atomic E-state index is -3.39. The third kappa shape index (κ3) is 2.88. The summed E-state index contributed by atoms with van der Waals surface area (Å²) in [6.07, 6.45) is 0.749. The van der Waals surface area contributed by atoms with Gasteiger partial charge >= 0.3 is 5.97 Å². The number of carboxylic acid groups (broad SMARTS) is 1. The highest BCUT2D eigenvalue weighted by Crippen LogP contribution is 2.57. The van der Waals surface area contributed by atoms with E-state index < -0.39 is 22.6 Å². The van der Waals surface area contributed by atoms with Crippen molar-refractivity contribution in [1.29, 1.82) is 0 Å². The van der Waals surface area contributed by atoms with Crippen molar-refractivity contribution in [2.24, 2.45) is 0 Å². The molecule has 3 rings (SSSR count). The van der Waals surface area contributed by atoms with Gasteiger partial charge in [0.15, 0.2) is 5.82 Å². The van der Waals surface area contributed by atoms with E-state index in [0.717, 1.165) is 11.1 Å². The molecule has 134 valence electrons. The van der Waals surface area contributed by atoms with Gasteiger partial charge in [-0.3, -0.25) is 13.4 Å². The molecule has 25 heavy (non-hydrogen) atoms. The highest BCUT2D eigenvalue weighted by molar-refractivity contribution is 8.25. The normalized spacial score (nSPS) is 17.1. The Morgan fingerprint density at radius 2 is 2.00 bits per heavy atom. The Morgan fingerprint density at radius 1 is 1.28 bits per heavy atom. The summed E-state index contributed by atoms with van der Waals surface area (Å²) in [5.74, 6) is -1.91. The molecule has 0 fully saturated rings. The van der Waals surface area contributed by atoms with Gasteiger partial charge in [-0.2, -0.15) is 0 Å². The Labute approximate surface area is 147 Å². The molecule has 0 saturated heterocycles. The van der Waals surface area contributed by atoms with Crippen molar-refractivity contribution in [3.8, 4) is 0 Å². The van der Waals surface area contributed by atoms with E-state index in [1.807, 2.05) is 13.0 Å². The summed E-state index contributed by atoms with van der Waals surface area (Å²) in [6, 6.07) is 7.99. The van der Waals surface area contributed by atoms with Crippen LogP contribution in [0.25, 0.3) is 0 Å². The van der Waals surface area contributed by atoms with Crippen LogP contribution in [0.2, 0.25) is 0 Å². The summed E-state index contributed by atoms with van der Waals surface area (Å²) in [6.45, 7) is 3.84. The molecule has 2 aromatic carbocycles. The number of fused-ring (bicyclic) bond motifs is 1. The number of hydrogen-bond acceptors (Lipinski definition) is 4. The van der Waals surface area contributed by atoms with E-state index >= 15 is 0 Å². The maximum atomic E-state index is 14.9. The quantitative estimate of drug-likeness (QED) is 0.747. The smallest absolute Gasteiger partial charge is 0.336 e. The number of anilines is 1. The van der Waals surface area contributed by atoms with Crippen LogP contribution in [0.1, 0.15) is 34.0 Å². The Kier molecular flexibility index (Phi) is 4.49. The van der Waals surface area contributed by atoms with Crippen LogP contribution in [0, 0.1) is 12.7 Å². The van der Waals surface area contributed by atoms with Gasteiger partial charge in [-0.05, 0) is 43.5 Å². The van der Waals surface area contributed by atoms with Crippen LogP contribution in [-0.2, 0) is 12.8 Å². The summed E-state index contributed by atoms with van der Waals surface area (Å²) in [4.78, 5) is 11.7. The van der Waals surface area contributed by atoms with Gasteiger partial charge in [-0.15, -0.1) is 0 Å². The standard InChI is InChI=1S/C18H20FNO4S/c1-3-13-14(18(21)22)5-6-15(17(13)19)20-9-8-12-10-11(2)4-7-16(12)25(20,23)24/h4-7,10,23-24H,3,8-9H2,1-2H3,(H,21,22). The van der Waals surface area contributed by atoms with Crippen molar-refractivity contribution >= 4 is 22.4 Å². The van der Waals surface area contributed by atoms with Crippen molar-refractivity contribution in [1.82, 2.24) is 0 Å². The molecular formula is C18H20FNO4S. The van der Waals surface area contributed by atoms with Crippen molar-refractivity contribution < 1.29 is 23.4 Å². The third-order valence-electron chi connectivity index (χ3n) is 4.48. The van der Waals surface area contributed by atoms with Crippen molar-refractivity contribution in [3.63, 3.8) is 0 Å². The van der Waals surface area contributed by atoms with E-state index in [1.165, 1.54) is 16.4 Å². The molecule has 1 aliphatic heterocycles. The summed E-state index contributed by atoms with van der Waals surface area (Å²) < 4.78 is 37.8. The van der Waals surface area contributed by atoms with Crippen LogP contribution in [0.3, 0.4) is 0 Å². The van der Waals surface area contributed by atoms with Gasteiger partial charge in [0.25, 0.3) is 0 Å². The second kappa shape index (κ2) is 6.33. The van der Waals surface area contributed by atoms with Gasteiger partial charge in [0, 0.05) is 12.1 Å². The fraction of sp³-hybridized carbons (Fsp3) is 0.278. The summed E-state index contributed by atoms with van der Waals surface area (Å²) in [5.41, 5.74) is 1.85. The highest BCUT2D eigenvalue weighted by atomic mass is 32.3. The van der Waals surface area contributed by atoms with Crippen molar-refractivity contribution in [2.75, 3.05) is 10.8 Å². The van der Waals surface area contributed by atoms with Gasteiger partial charge in [-0.1, -0.05) is 35.4 Å². The number of hydrogen-bond donors (Lipinski definition) is 3. The van der Waals surface area contributed by atoms with Crippen LogP contribution in [0.4, 0.5) is 10.1 Å². The Balaban J connectivity index is 2.11. The summed E-state index contributed by atoms with van der Waals surface area (Å²) >= 11 is 0. The number of aryl methyl sites for hydroxylation is 1. The largest absolute Gasteiger partial charge is 0.478 e. The van der Waals surface area contributed by atoms with Crippen LogP contribution in [-0.4, -0.2) is 26.7 Å². The van der Waals surface area contributed by atoms with Crippen molar-refractivity contribution in [3.05, 3.63) is 58.4 Å². The van der Waals surface area contributed by atoms with Gasteiger partial charge in [-0.25, -0.2) is 9.18 Å². The Morgan fingerprint density at radius 3 is 2.64 bits per heavy atom. The summed E-state index contributed by atoms with van der Waals surface area (Å²) in [5, 5.41) is 9.21. The lowest BCUT2D eigenvalue weighted by Crippen LogP contribution is -2.35. The van der Waals surface area contributed by atoms with Crippen LogP contribution in [0.5, 0.6) is 0 Å². The molecule has 0 amide bonds. The second-order valence-corrected chi connectivity index (χ2v) is 7.98. The minimum Gasteiger partial charge on any atom is -0.478 e. The van der Waals surface area contributed by atoms with Crippen molar-refractivity contribution in [2.45, 2.75) is 31.6 Å². The second-order valence-electron chi connectivity index (χ2n) is 6.07. The monoisotopic (exact) mass is 365 g/mol. The maximum Gasteiger partial charge on any atom is 0.336 e. The molecule has 5 nitrogen and oxygen atoms in total. The molecule has 0 bridgehead atoms. The first kappa shape index (κ1) is 17.7. The van der Waals surface area contributed by atoms with E-state index in [1.54, 1.807) is 19.1 Å². The average Bonchev–Trinajstić information content (AvgIpc) is 2.54. The van der Waals surface area contributed by atoms with Gasteiger partial charge in [0.1, 0.15) is 0 Å². The van der Waals surface area contributed by atoms with E-state index in [2.05, 4.69) is 0 Å². The topological polar surface area (TPSA) is 81.0 Å².